The zero-order valence-corrected chi connectivity index (χ0v) is 6.63. The number of nitrogens with zero attached hydrogens (tertiary/aromatic N) is 1. The van der Waals surface area contributed by atoms with Crippen LogP contribution in [0.3, 0.4) is 0 Å². The number of amides is 2. The molecule has 0 aromatic carbocycles. The Kier molecular flexibility index (Phi) is 4.02. The highest BCUT2D eigenvalue weighted by molar-refractivity contribution is 5.79. The van der Waals surface area contributed by atoms with E-state index in [0.29, 0.717) is 6.54 Å². The Hall–Kier alpha value is -1.26. The molecule has 0 atom stereocenters. The number of nitrogens with one attached hydrogen (secondary N) is 1. The second-order valence-corrected chi connectivity index (χ2v) is 1.96. The summed E-state index contributed by atoms with van der Waals surface area (Å²) in [7, 11) is 1.47. The van der Waals surface area contributed by atoms with Gasteiger partial charge in [0.1, 0.15) is 6.54 Å². The quantitative estimate of drug-likeness (QED) is 0.597. The fourth-order valence-corrected chi connectivity index (χ4v) is 0.649. The maximum absolute atomic E-state index is 10.8. The molecule has 0 aromatic rings. The van der Waals surface area contributed by atoms with Crippen molar-refractivity contribution < 1.29 is 14.7 Å². The summed E-state index contributed by atoms with van der Waals surface area (Å²) in [5, 5.41) is 10.7. The standard InChI is InChI=1S/C6H12N2O3/c1-3-8(4-5(9)10)6(11)7-2/h3-4H2,1-2H3,(H,7,11)(H,9,10). The molecule has 0 aromatic heterocycles. The first-order chi connectivity index (χ1) is 5.11. The molecule has 0 aliphatic heterocycles. The SMILES string of the molecule is CCN(CC(=O)O)C(=O)NC. The van der Waals surface area contributed by atoms with Gasteiger partial charge in [-0.1, -0.05) is 0 Å². The van der Waals surface area contributed by atoms with Gasteiger partial charge in [-0.25, -0.2) is 4.79 Å². The summed E-state index contributed by atoms with van der Waals surface area (Å²) in [6, 6.07) is -0.366. The minimum Gasteiger partial charge on any atom is -0.480 e. The van der Waals surface area contributed by atoms with Gasteiger partial charge in [-0.3, -0.25) is 4.79 Å². The molecule has 0 rings (SSSR count). The van der Waals surface area contributed by atoms with Gasteiger partial charge in [-0.2, -0.15) is 0 Å². The molecule has 0 fully saturated rings. The number of hydrogen-bond donors (Lipinski definition) is 2. The minimum absolute atomic E-state index is 0.254. The van der Waals surface area contributed by atoms with Gasteiger partial charge in [0.2, 0.25) is 0 Å². The molecule has 0 spiro atoms. The van der Waals surface area contributed by atoms with E-state index >= 15 is 0 Å². The summed E-state index contributed by atoms with van der Waals surface area (Å²) >= 11 is 0. The summed E-state index contributed by atoms with van der Waals surface area (Å²) in [5.74, 6) is -1.00. The molecule has 0 unspecified atom stereocenters. The van der Waals surface area contributed by atoms with Crippen LogP contribution in [0.2, 0.25) is 0 Å². The molecule has 5 nitrogen and oxygen atoms in total. The number of rotatable bonds is 3. The van der Waals surface area contributed by atoms with Crippen LogP contribution in [-0.4, -0.2) is 42.1 Å². The molecule has 0 saturated carbocycles. The third-order valence-electron chi connectivity index (χ3n) is 1.21. The van der Waals surface area contributed by atoms with Crippen LogP contribution in [0.15, 0.2) is 0 Å². The first kappa shape index (κ1) is 9.74. The molecule has 0 saturated heterocycles. The zero-order chi connectivity index (χ0) is 8.85. The fourth-order valence-electron chi connectivity index (χ4n) is 0.649. The third kappa shape index (κ3) is 3.44. The maximum atomic E-state index is 10.8. The van der Waals surface area contributed by atoms with Gasteiger partial charge in [0, 0.05) is 13.6 Å². The van der Waals surface area contributed by atoms with E-state index in [4.69, 9.17) is 5.11 Å². The first-order valence-electron chi connectivity index (χ1n) is 3.30. The zero-order valence-electron chi connectivity index (χ0n) is 6.63. The van der Waals surface area contributed by atoms with Gasteiger partial charge < -0.3 is 15.3 Å². The predicted octanol–water partition coefficient (Wildman–Crippen LogP) is -0.268. The van der Waals surface area contributed by atoms with E-state index in [1.807, 2.05) is 0 Å². The second-order valence-electron chi connectivity index (χ2n) is 1.96. The summed E-state index contributed by atoms with van der Waals surface area (Å²) in [5.41, 5.74) is 0. The number of carbonyl (C=O) groups excluding carboxylic acids is 1. The Bertz CT molecular complexity index is 158. The average Bonchev–Trinajstić information content (AvgIpc) is 1.98. The minimum atomic E-state index is -1.00. The van der Waals surface area contributed by atoms with E-state index in [1.54, 1.807) is 6.92 Å². The number of hydrogen-bond acceptors (Lipinski definition) is 2. The van der Waals surface area contributed by atoms with Crippen LogP contribution in [0.1, 0.15) is 6.92 Å². The molecule has 64 valence electrons. The maximum Gasteiger partial charge on any atom is 0.323 e. The van der Waals surface area contributed by atoms with E-state index < -0.39 is 5.97 Å². The molecule has 2 N–H and O–H groups in total. The topological polar surface area (TPSA) is 69.6 Å². The summed E-state index contributed by atoms with van der Waals surface area (Å²) in [6.45, 7) is 1.86. The summed E-state index contributed by atoms with van der Waals surface area (Å²) < 4.78 is 0. The van der Waals surface area contributed by atoms with E-state index in [0.717, 1.165) is 0 Å². The highest BCUT2D eigenvalue weighted by Gasteiger charge is 2.11. The van der Waals surface area contributed by atoms with Crippen molar-refractivity contribution in [3.63, 3.8) is 0 Å². The van der Waals surface area contributed by atoms with E-state index in [2.05, 4.69) is 5.32 Å². The van der Waals surface area contributed by atoms with Gasteiger partial charge in [0.15, 0.2) is 0 Å². The molecule has 11 heavy (non-hydrogen) atoms. The van der Waals surface area contributed by atoms with Crippen LogP contribution >= 0.6 is 0 Å². The highest BCUT2D eigenvalue weighted by Crippen LogP contribution is 1.87. The third-order valence-corrected chi connectivity index (χ3v) is 1.21. The van der Waals surface area contributed by atoms with Crippen LogP contribution in [0.5, 0.6) is 0 Å². The van der Waals surface area contributed by atoms with Gasteiger partial charge in [0.25, 0.3) is 0 Å². The molecule has 5 heteroatoms. The lowest BCUT2D eigenvalue weighted by molar-refractivity contribution is -0.137. The van der Waals surface area contributed by atoms with Crippen LogP contribution < -0.4 is 5.32 Å². The number of carboxylic acids is 1. The monoisotopic (exact) mass is 160 g/mol. The molecular weight excluding hydrogens is 148 g/mol. The molecule has 0 radical (unpaired) electrons. The number of aliphatic carboxylic acids is 1. The Morgan fingerprint density at radius 2 is 2.09 bits per heavy atom. The largest absolute Gasteiger partial charge is 0.480 e. The number of likely N-dealkylation sites (N-methyl/N-ethyl adjacent to an activating group) is 1. The number of urea groups is 1. The average molecular weight is 160 g/mol. The molecule has 0 heterocycles. The van der Waals surface area contributed by atoms with Crippen molar-refractivity contribution in [2.45, 2.75) is 6.92 Å². The van der Waals surface area contributed by atoms with Gasteiger partial charge in [0.05, 0.1) is 0 Å². The molecule has 0 aliphatic carbocycles. The Morgan fingerprint density at radius 3 is 2.36 bits per heavy atom. The van der Waals surface area contributed by atoms with Crippen LogP contribution in [-0.2, 0) is 4.79 Å². The van der Waals surface area contributed by atoms with Crippen molar-refractivity contribution >= 4 is 12.0 Å². The molecular formula is C6H12N2O3. The van der Waals surface area contributed by atoms with Crippen molar-refractivity contribution in [3.05, 3.63) is 0 Å². The normalized spacial score (nSPS) is 8.91. The lowest BCUT2D eigenvalue weighted by atomic mass is 10.5. The highest BCUT2D eigenvalue weighted by atomic mass is 16.4. The van der Waals surface area contributed by atoms with Crippen LogP contribution in [0.4, 0.5) is 4.79 Å². The predicted molar refractivity (Wildman–Crippen MR) is 39.3 cm³/mol. The second kappa shape index (κ2) is 4.54. The van der Waals surface area contributed by atoms with Crippen molar-refractivity contribution in [3.8, 4) is 0 Å². The number of carbonyl (C=O) groups is 2. The Balaban J connectivity index is 3.94. The van der Waals surface area contributed by atoms with Gasteiger partial charge >= 0.3 is 12.0 Å². The molecule has 0 bridgehead atoms. The van der Waals surface area contributed by atoms with Gasteiger partial charge in [-0.15, -0.1) is 0 Å². The van der Waals surface area contributed by atoms with E-state index in [1.165, 1.54) is 11.9 Å². The lowest BCUT2D eigenvalue weighted by Gasteiger charge is -2.16. The Labute approximate surface area is 65.0 Å². The fraction of sp³-hybridized carbons (Fsp3) is 0.667. The van der Waals surface area contributed by atoms with E-state index in [9.17, 15) is 9.59 Å². The summed E-state index contributed by atoms with van der Waals surface area (Å²) in [6.07, 6.45) is 0. The van der Waals surface area contributed by atoms with Crippen molar-refractivity contribution in [1.82, 2.24) is 10.2 Å². The van der Waals surface area contributed by atoms with Crippen molar-refractivity contribution in [2.75, 3.05) is 20.1 Å². The van der Waals surface area contributed by atoms with Crippen molar-refractivity contribution in [1.29, 1.82) is 0 Å². The first-order valence-corrected chi connectivity index (χ1v) is 3.30. The Morgan fingerprint density at radius 1 is 1.55 bits per heavy atom. The van der Waals surface area contributed by atoms with Crippen molar-refractivity contribution in [2.24, 2.45) is 0 Å². The summed E-state index contributed by atoms with van der Waals surface area (Å²) in [4.78, 5) is 22.2. The molecule has 0 aliphatic rings. The number of carboxylic acid groups (broad SMARTS) is 1. The van der Waals surface area contributed by atoms with E-state index in [-0.39, 0.29) is 12.6 Å². The van der Waals surface area contributed by atoms with Gasteiger partial charge in [-0.05, 0) is 6.92 Å². The smallest absolute Gasteiger partial charge is 0.323 e. The lowest BCUT2D eigenvalue weighted by Crippen LogP contribution is -2.40. The molecule has 2 amide bonds. The van der Waals surface area contributed by atoms with Crippen LogP contribution in [0.25, 0.3) is 0 Å². The van der Waals surface area contributed by atoms with Crippen LogP contribution in [0, 0.1) is 0 Å².